The zero-order chi connectivity index (χ0) is 18.2. The van der Waals surface area contributed by atoms with Crippen LogP contribution in [-0.2, 0) is 4.79 Å². The fourth-order valence-electron chi connectivity index (χ4n) is 2.09. The number of ether oxygens (including phenoxy) is 1. The first-order valence-corrected chi connectivity index (χ1v) is 7.45. The molecule has 3 aromatic carbocycles. The van der Waals surface area contributed by atoms with E-state index < -0.39 is 11.8 Å². The summed E-state index contributed by atoms with van der Waals surface area (Å²) in [5.41, 5.74) is 10.1. The standard InChI is InChI=1S/C12H11NO2.C7H7NO2/c13-12(14)8-15-11-6-5-9-3-1-2-4-10(9)7-11;8-7(10)5-3-1-2-4-6(5)9/h1-7H,8H2,(H2,13,14);1-4,9H,(H2,8,10). The Kier molecular flexibility index (Phi) is 5.95. The zero-order valence-corrected chi connectivity index (χ0v) is 13.4. The van der Waals surface area contributed by atoms with E-state index in [4.69, 9.17) is 21.3 Å². The second-order valence-electron chi connectivity index (χ2n) is 5.15. The number of benzene rings is 3. The zero-order valence-electron chi connectivity index (χ0n) is 13.4. The van der Waals surface area contributed by atoms with E-state index in [1.165, 1.54) is 12.1 Å². The first-order chi connectivity index (χ1) is 12.0. The molecule has 0 spiro atoms. The van der Waals surface area contributed by atoms with Crippen LogP contribution in [0.5, 0.6) is 11.5 Å². The summed E-state index contributed by atoms with van der Waals surface area (Å²) in [5.74, 6) is -0.497. The van der Waals surface area contributed by atoms with Gasteiger partial charge >= 0.3 is 0 Å². The van der Waals surface area contributed by atoms with Gasteiger partial charge < -0.3 is 21.3 Å². The van der Waals surface area contributed by atoms with Gasteiger partial charge in [0.2, 0.25) is 0 Å². The topological polar surface area (TPSA) is 116 Å². The van der Waals surface area contributed by atoms with Crippen LogP contribution in [-0.4, -0.2) is 23.5 Å². The molecule has 3 aromatic rings. The Morgan fingerprint density at radius 1 is 0.880 bits per heavy atom. The van der Waals surface area contributed by atoms with E-state index in [9.17, 15) is 9.59 Å². The van der Waals surface area contributed by atoms with E-state index in [0.29, 0.717) is 5.75 Å². The molecule has 0 radical (unpaired) electrons. The van der Waals surface area contributed by atoms with E-state index in [1.54, 1.807) is 12.1 Å². The summed E-state index contributed by atoms with van der Waals surface area (Å²) in [7, 11) is 0. The van der Waals surface area contributed by atoms with Gasteiger partial charge in [-0.15, -0.1) is 0 Å². The summed E-state index contributed by atoms with van der Waals surface area (Å²) in [6.45, 7) is -0.0850. The molecule has 0 aliphatic heterocycles. The molecule has 0 aromatic heterocycles. The Bertz CT molecular complexity index is 893. The predicted molar refractivity (Wildman–Crippen MR) is 95.3 cm³/mol. The number of hydrogen-bond donors (Lipinski definition) is 3. The SMILES string of the molecule is NC(=O)COc1ccc2ccccc2c1.NC(=O)c1ccccc1O. The molecule has 6 nitrogen and oxygen atoms in total. The largest absolute Gasteiger partial charge is 0.507 e. The average Bonchev–Trinajstić information content (AvgIpc) is 2.60. The molecule has 0 saturated heterocycles. The lowest BCUT2D eigenvalue weighted by Crippen LogP contribution is -2.19. The van der Waals surface area contributed by atoms with Crippen molar-refractivity contribution in [2.24, 2.45) is 11.5 Å². The minimum Gasteiger partial charge on any atom is -0.507 e. The number of carbonyl (C=O) groups is 2. The number of fused-ring (bicyclic) bond motifs is 1. The summed E-state index contributed by atoms with van der Waals surface area (Å²) in [6, 6.07) is 19.8. The lowest BCUT2D eigenvalue weighted by molar-refractivity contribution is -0.119. The number of hydrogen-bond acceptors (Lipinski definition) is 4. The normalized spacial score (nSPS) is 9.76. The predicted octanol–water partition coefficient (Wildman–Crippen LogP) is 2.20. The lowest BCUT2D eigenvalue weighted by atomic mass is 10.1. The van der Waals surface area contributed by atoms with Crippen LogP contribution in [0, 0.1) is 0 Å². The van der Waals surface area contributed by atoms with Crippen molar-refractivity contribution in [2.75, 3.05) is 6.61 Å². The van der Waals surface area contributed by atoms with Crippen molar-refractivity contribution in [3.05, 3.63) is 72.3 Å². The van der Waals surface area contributed by atoms with Gasteiger partial charge in [0.1, 0.15) is 11.5 Å². The van der Waals surface area contributed by atoms with Crippen LogP contribution in [0.2, 0.25) is 0 Å². The molecule has 0 bridgehead atoms. The molecule has 6 heteroatoms. The monoisotopic (exact) mass is 338 g/mol. The third kappa shape index (κ3) is 5.24. The minimum atomic E-state index is -0.613. The number of primary amides is 2. The molecular weight excluding hydrogens is 320 g/mol. The van der Waals surface area contributed by atoms with Crippen molar-refractivity contribution in [1.82, 2.24) is 0 Å². The van der Waals surface area contributed by atoms with Gasteiger partial charge in [-0.25, -0.2) is 0 Å². The molecular formula is C19H18N2O4. The summed E-state index contributed by atoms with van der Waals surface area (Å²) in [6.07, 6.45) is 0. The van der Waals surface area contributed by atoms with Crippen molar-refractivity contribution >= 4 is 22.6 Å². The first-order valence-electron chi connectivity index (χ1n) is 7.45. The van der Waals surface area contributed by atoms with Crippen molar-refractivity contribution < 1.29 is 19.4 Å². The van der Waals surface area contributed by atoms with Gasteiger partial charge in [-0.1, -0.05) is 42.5 Å². The van der Waals surface area contributed by atoms with Gasteiger partial charge in [-0.05, 0) is 35.0 Å². The number of rotatable bonds is 4. The number of carbonyl (C=O) groups excluding carboxylic acids is 2. The maximum Gasteiger partial charge on any atom is 0.255 e. The molecule has 0 aliphatic rings. The van der Waals surface area contributed by atoms with Crippen LogP contribution < -0.4 is 16.2 Å². The van der Waals surface area contributed by atoms with Gasteiger partial charge in [-0.3, -0.25) is 9.59 Å². The van der Waals surface area contributed by atoms with Crippen LogP contribution in [0.25, 0.3) is 10.8 Å². The number of para-hydroxylation sites is 1. The smallest absolute Gasteiger partial charge is 0.255 e. The number of nitrogens with two attached hydrogens (primary N) is 2. The molecule has 25 heavy (non-hydrogen) atoms. The van der Waals surface area contributed by atoms with Crippen molar-refractivity contribution in [1.29, 1.82) is 0 Å². The van der Waals surface area contributed by atoms with Crippen LogP contribution in [0.15, 0.2) is 66.7 Å². The first kappa shape index (κ1) is 17.8. The van der Waals surface area contributed by atoms with E-state index in [1.807, 2.05) is 42.5 Å². The van der Waals surface area contributed by atoms with Crippen LogP contribution in [0.4, 0.5) is 0 Å². The maximum absolute atomic E-state index is 10.5. The molecule has 0 saturated carbocycles. The second kappa shape index (κ2) is 8.35. The van der Waals surface area contributed by atoms with Gasteiger partial charge in [0.25, 0.3) is 11.8 Å². The third-order valence-corrected chi connectivity index (χ3v) is 3.27. The Hall–Kier alpha value is -3.54. The van der Waals surface area contributed by atoms with E-state index in [2.05, 4.69) is 0 Å². The van der Waals surface area contributed by atoms with E-state index in [-0.39, 0.29) is 17.9 Å². The maximum atomic E-state index is 10.5. The summed E-state index contributed by atoms with van der Waals surface area (Å²) >= 11 is 0. The minimum absolute atomic E-state index is 0.0741. The van der Waals surface area contributed by atoms with Crippen LogP contribution >= 0.6 is 0 Å². The molecule has 0 fully saturated rings. The van der Waals surface area contributed by atoms with E-state index >= 15 is 0 Å². The highest BCUT2D eigenvalue weighted by Crippen LogP contribution is 2.20. The molecule has 5 N–H and O–H groups in total. The number of aromatic hydroxyl groups is 1. The molecule has 2 amide bonds. The van der Waals surface area contributed by atoms with Crippen molar-refractivity contribution in [3.63, 3.8) is 0 Å². The highest BCUT2D eigenvalue weighted by Gasteiger charge is 2.03. The molecule has 3 rings (SSSR count). The third-order valence-electron chi connectivity index (χ3n) is 3.27. The molecule has 0 heterocycles. The van der Waals surface area contributed by atoms with Gasteiger partial charge in [0.15, 0.2) is 6.61 Å². The number of phenols is 1. The lowest BCUT2D eigenvalue weighted by Gasteiger charge is -2.04. The van der Waals surface area contributed by atoms with Crippen molar-refractivity contribution in [2.45, 2.75) is 0 Å². The molecule has 128 valence electrons. The average molecular weight is 338 g/mol. The Labute approximate surface area is 144 Å². The van der Waals surface area contributed by atoms with E-state index in [0.717, 1.165) is 10.8 Å². The Morgan fingerprint density at radius 2 is 1.52 bits per heavy atom. The van der Waals surface area contributed by atoms with Crippen LogP contribution in [0.1, 0.15) is 10.4 Å². The van der Waals surface area contributed by atoms with Gasteiger partial charge in [-0.2, -0.15) is 0 Å². The fraction of sp³-hybridized carbons (Fsp3) is 0.0526. The number of amides is 2. The second-order valence-corrected chi connectivity index (χ2v) is 5.15. The highest BCUT2D eigenvalue weighted by molar-refractivity contribution is 5.95. The molecule has 0 atom stereocenters. The molecule has 0 unspecified atom stereocenters. The summed E-state index contributed by atoms with van der Waals surface area (Å²) in [5, 5.41) is 11.2. The highest BCUT2D eigenvalue weighted by atomic mass is 16.5. The van der Waals surface area contributed by atoms with Gasteiger partial charge in [0.05, 0.1) is 5.56 Å². The molecule has 0 aliphatic carbocycles. The Balaban J connectivity index is 0.000000196. The fourth-order valence-corrected chi connectivity index (χ4v) is 2.09. The summed E-state index contributed by atoms with van der Waals surface area (Å²) < 4.78 is 5.20. The summed E-state index contributed by atoms with van der Waals surface area (Å²) in [4.78, 5) is 21.0. The van der Waals surface area contributed by atoms with Crippen LogP contribution in [0.3, 0.4) is 0 Å². The van der Waals surface area contributed by atoms with Crippen molar-refractivity contribution in [3.8, 4) is 11.5 Å². The Morgan fingerprint density at radius 3 is 2.12 bits per heavy atom. The van der Waals surface area contributed by atoms with Gasteiger partial charge in [0, 0.05) is 0 Å². The quantitative estimate of drug-likeness (QED) is 0.676.